The number of aromatic nitrogens is 1. The Morgan fingerprint density at radius 1 is 1.44 bits per heavy atom. The molecule has 0 saturated carbocycles. The van der Waals surface area contributed by atoms with E-state index in [-0.39, 0.29) is 23.9 Å². The Labute approximate surface area is 150 Å². The summed E-state index contributed by atoms with van der Waals surface area (Å²) in [5, 5.41) is 3.82. The molecule has 0 bridgehead atoms. The number of nitrogens with two attached hydrogens (primary N) is 1. The Hall–Kier alpha value is -1.83. The molecule has 0 radical (unpaired) electrons. The van der Waals surface area contributed by atoms with Gasteiger partial charge in [0.05, 0.1) is 22.7 Å². The minimum Gasteiger partial charge on any atom is -0.364 e. The molecule has 25 heavy (non-hydrogen) atoms. The van der Waals surface area contributed by atoms with Crippen LogP contribution in [0.25, 0.3) is 10.6 Å². The number of halogens is 1. The zero-order chi connectivity index (χ0) is 18.0. The summed E-state index contributed by atoms with van der Waals surface area (Å²) in [6.45, 7) is 4.29. The van der Waals surface area contributed by atoms with Crippen molar-refractivity contribution >= 4 is 17.2 Å². The van der Waals surface area contributed by atoms with Gasteiger partial charge in [0.2, 0.25) is 5.91 Å². The lowest BCUT2D eigenvalue weighted by atomic mass is 10.1. The minimum atomic E-state index is -0.430. The van der Waals surface area contributed by atoms with Gasteiger partial charge in [0, 0.05) is 12.1 Å². The summed E-state index contributed by atoms with van der Waals surface area (Å²) in [5.41, 5.74) is 7.32. The van der Waals surface area contributed by atoms with Gasteiger partial charge in [-0.2, -0.15) is 0 Å². The molecule has 1 aliphatic rings. The molecule has 1 saturated heterocycles. The van der Waals surface area contributed by atoms with E-state index in [1.54, 1.807) is 12.1 Å². The molecule has 1 aliphatic heterocycles. The number of carbonyl (C=O) groups is 1. The third-order valence-corrected chi connectivity index (χ3v) is 5.73. The number of benzene rings is 1. The Morgan fingerprint density at radius 2 is 2.16 bits per heavy atom. The van der Waals surface area contributed by atoms with Crippen molar-refractivity contribution in [3.8, 4) is 10.6 Å². The SMILES string of the molecule is Cc1nc(-c2ccc(F)cc2)sc1C(C)NC(=O)[C@@H]1CC[C@H](CN)O1. The Bertz CT molecular complexity index is 747. The van der Waals surface area contributed by atoms with E-state index in [1.807, 2.05) is 13.8 Å². The van der Waals surface area contributed by atoms with Crippen LogP contribution in [0.4, 0.5) is 4.39 Å². The van der Waals surface area contributed by atoms with Gasteiger partial charge in [-0.05, 0) is 51.0 Å². The van der Waals surface area contributed by atoms with Gasteiger partial charge in [-0.1, -0.05) is 0 Å². The van der Waals surface area contributed by atoms with Crippen molar-refractivity contribution in [3.05, 3.63) is 40.7 Å². The van der Waals surface area contributed by atoms with Gasteiger partial charge in [-0.15, -0.1) is 11.3 Å². The Kier molecular flexibility index (Phi) is 5.46. The highest BCUT2D eigenvalue weighted by molar-refractivity contribution is 7.15. The normalized spacial score (nSPS) is 21.3. The summed E-state index contributed by atoms with van der Waals surface area (Å²) in [6.07, 6.45) is 1.06. The van der Waals surface area contributed by atoms with E-state index in [9.17, 15) is 9.18 Å². The van der Waals surface area contributed by atoms with Crippen molar-refractivity contribution < 1.29 is 13.9 Å². The molecule has 1 unspecified atom stereocenters. The monoisotopic (exact) mass is 363 g/mol. The highest BCUT2D eigenvalue weighted by atomic mass is 32.1. The number of amides is 1. The average Bonchev–Trinajstić information content (AvgIpc) is 3.22. The number of hydrogen-bond acceptors (Lipinski definition) is 5. The molecule has 7 heteroatoms. The topological polar surface area (TPSA) is 77.2 Å². The van der Waals surface area contributed by atoms with Crippen LogP contribution in [0.3, 0.4) is 0 Å². The molecule has 5 nitrogen and oxygen atoms in total. The zero-order valence-electron chi connectivity index (χ0n) is 14.3. The molecule has 3 N–H and O–H groups in total. The smallest absolute Gasteiger partial charge is 0.249 e. The molecule has 2 aromatic rings. The Balaban J connectivity index is 1.69. The highest BCUT2D eigenvalue weighted by Gasteiger charge is 2.31. The van der Waals surface area contributed by atoms with Crippen molar-refractivity contribution in [1.29, 1.82) is 0 Å². The maximum Gasteiger partial charge on any atom is 0.249 e. The predicted molar refractivity (Wildman–Crippen MR) is 95.8 cm³/mol. The molecule has 3 atom stereocenters. The van der Waals surface area contributed by atoms with E-state index < -0.39 is 6.10 Å². The van der Waals surface area contributed by atoms with Crippen LogP contribution >= 0.6 is 11.3 Å². The summed E-state index contributed by atoms with van der Waals surface area (Å²) in [6, 6.07) is 6.09. The van der Waals surface area contributed by atoms with Gasteiger partial charge >= 0.3 is 0 Å². The van der Waals surface area contributed by atoms with Crippen LogP contribution in [0, 0.1) is 12.7 Å². The van der Waals surface area contributed by atoms with Crippen molar-refractivity contribution in [2.75, 3.05) is 6.54 Å². The Morgan fingerprint density at radius 3 is 2.80 bits per heavy atom. The molecule has 2 heterocycles. The maximum atomic E-state index is 13.1. The first kappa shape index (κ1) is 18.0. The fourth-order valence-electron chi connectivity index (χ4n) is 2.97. The van der Waals surface area contributed by atoms with E-state index >= 15 is 0 Å². The first-order chi connectivity index (χ1) is 12.0. The number of nitrogens with zero attached hydrogens (tertiary/aromatic N) is 1. The molecule has 3 rings (SSSR count). The maximum absolute atomic E-state index is 13.1. The van der Waals surface area contributed by atoms with Crippen LogP contribution in [-0.4, -0.2) is 29.6 Å². The summed E-state index contributed by atoms with van der Waals surface area (Å²) >= 11 is 1.51. The first-order valence-corrected chi connectivity index (χ1v) is 9.18. The van der Waals surface area contributed by atoms with Crippen molar-refractivity contribution in [2.45, 2.75) is 44.9 Å². The van der Waals surface area contributed by atoms with Gasteiger partial charge < -0.3 is 15.8 Å². The second-order valence-corrected chi connectivity index (χ2v) is 7.30. The molecule has 1 amide bonds. The quantitative estimate of drug-likeness (QED) is 0.856. The lowest BCUT2D eigenvalue weighted by Gasteiger charge is -2.17. The number of aryl methyl sites for hydroxylation is 1. The van der Waals surface area contributed by atoms with Crippen LogP contribution < -0.4 is 11.1 Å². The van der Waals surface area contributed by atoms with E-state index in [1.165, 1.54) is 23.5 Å². The number of thiazole rings is 1. The molecule has 134 valence electrons. The second kappa shape index (κ2) is 7.59. The molecule has 1 aromatic carbocycles. The van der Waals surface area contributed by atoms with Crippen LogP contribution in [0.5, 0.6) is 0 Å². The minimum absolute atomic E-state index is 0.0266. The standard InChI is InChI=1S/C18H22FN3O2S/c1-10(21-17(23)15-8-7-14(9-20)24-15)16-11(2)22-18(25-16)12-3-5-13(19)6-4-12/h3-6,10,14-15H,7-9,20H2,1-2H3,(H,21,23)/t10?,14-,15+/m1/s1. The van der Waals surface area contributed by atoms with Gasteiger partial charge in [-0.3, -0.25) is 4.79 Å². The van der Waals surface area contributed by atoms with Crippen LogP contribution in [0.2, 0.25) is 0 Å². The fourth-order valence-corrected chi connectivity index (χ4v) is 4.04. The fraction of sp³-hybridized carbons (Fsp3) is 0.444. The first-order valence-electron chi connectivity index (χ1n) is 8.37. The number of carbonyl (C=O) groups excluding carboxylic acids is 1. The number of nitrogens with one attached hydrogen (secondary N) is 1. The molecule has 1 aromatic heterocycles. The summed E-state index contributed by atoms with van der Waals surface area (Å²) < 4.78 is 18.7. The van der Waals surface area contributed by atoms with Gasteiger partial charge in [-0.25, -0.2) is 9.37 Å². The number of rotatable bonds is 5. The van der Waals surface area contributed by atoms with E-state index in [2.05, 4.69) is 10.3 Å². The summed E-state index contributed by atoms with van der Waals surface area (Å²) in [5.74, 6) is -0.384. The van der Waals surface area contributed by atoms with E-state index in [0.717, 1.165) is 27.6 Å². The van der Waals surface area contributed by atoms with Crippen molar-refractivity contribution in [2.24, 2.45) is 5.73 Å². The second-order valence-electron chi connectivity index (χ2n) is 6.27. The summed E-state index contributed by atoms with van der Waals surface area (Å²) in [7, 11) is 0. The van der Waals surface area contributed by atoms with Crippen LogP contribution in [0.1, 0.15) is 36.4 Å². The third-order valence-electron chi connectivity index (χ3n) is 4.34. The van der Waals surface area contributed by atoms with E-state index in [4.69, 9.17) is 10.5 Å². The largest absolute Gasteiger partial charge is 0.364 e. The van der Waals surface area contributed by atoms with Crippen LogP contribution in [-0.2, 0) is 9.53 Å². The summed E-state index contributed by atoms with van der Waals surface area (Å²) in [4.78, 5) is 17.9. The van der Waals surface area contributed by atoms with Gasteiger partial charge in [0.1, 0.15) is 16.9 Å². The lowest BCUT2D eigenvalue weighted by Crippen LogP contribution is -2.36. The van der Waals surface area contributed by atoms with Crippen LogP contribution in [0.15, 0.2) is 24.3 Å². The molecular formula is C18H22FN3O2S. The predicted octanol–water partition coefficient (Wildman–Crippen LogP) is 2.94. The van der Waals surface area contributed by atoms with Gasteiger partial charge in [0.25, 0.3) is 0 Å². The number of ether oxygens (including phenoxy) is 1. The average molecular weight is 363 g/mol. The highest BCUT2D eigenvalue weighted by Crippen LogP contribution is 2.32. The molecular weight excluding hydrogens is 341 g/mol. The number of hydrogen-bond donors (Lipinski definition) is 2. The van der Waals surface area contributed by atoms with E-state index in [0.29, 0.717) is 13.0 Å². The lowest BCUT2D eigenvalue weighted by molar-refractivity contribution is -0.132. The molecule has 1 fully saturated rings. The van der Waals surface area contributed by atoms with Crippen molar-refractivity contribution in [1.82, 2.24) is 10.3 Å². The van der Waals surface area contributed by atoms with Gasteiger partial charge in [0.15, 0.2) is 0 Å². The zero-order valence-corrected chi connectivity index (χ0v) is 15.1. The third kappa shape index (κ3) is 4.05. The molecule has 0 spiro atoms. The van der Waals surface area contributed by atoms with Crippen molar-refractivity contribution in [3.63, 3.8) is 0 Å². The molecule has 0 aliphatic carbocycles.